The molecule has 0 spiro atoms. The van der Waals surface area contributed by atoms with Crippen LogP contribution in [-0.4, -0.2) is 5.97 Å². The Labute approximate surface area is 105 Å². The maximum Gasteiger partial charge on any atom is 0.308 e. The van der Waals surface area contributed by atoms with E-state index in [0.717, 1.165) is 8.05 Å². The average Bonchev–Trinajstić information content (AvgIpc) is 2.15. The van der Waals surface area contributed by atoms with E-state index in [-0.39, 0.29) is 5.97 Å². The van der Waals surface area contributed by atoms with Gasteiger partial charge in [-0.2, -0.15) is 0 Å². The van der Waals surface area contributed by atoms with Gasteiger partial charge in [-0.15, -0.1) is 0 Å². The van der Waals surface area contributed by atoms with E-state index in [1.165, 1.54) is 6.92 Å². The van der Waals surface area contributed by atoms with Crippen LogP contribution in [0.2, 0.25) is 0 Å². The van der Waals surface area contributed by atoms with E-state index >= 15 is 0 Å². The second kappa shape index (κ2) is 5.50. The van der Waals surface area contributed by atoms with E-state index in [4.69, 9.17) is 4.74 Å². The molecule has 0 N–H and O–H groups in total. The summed E-state index contributed by atoms with van der Waals surface area (Å²) >= 11 is 5.36. The molecule has 1 aromatic rings. The molecule has 0 unspecified atom stereocenters. The van der Waals surface area contributed by atoms with Crippen molar-refractivity contribution in [2.75, 3.05) is 0 Å². The van der Waals surface area contributed by atoms with Crippen LogP contribution in [0, 0.1) is 0 Å². The minimum absolute atomic E-state index is 0.322. The zero-order valence-electron chi connectivity index (χ0n) is 7.46. The Morgan fingerprint density at radius 1 is 1.36 bits per heavy atom. The van der Waals surface area contributed by atoms with Crippen LogP contribution < -0.4 is 0 Å². The highest BCUT2D eigenvalue weighted by Gasteiger charge is 2.08. The Bertz CT molecular complexity index is 356. The summed E-state index contributed by atoms with van der Waals surface area (Å²) in [4.78, 5) is 10.9. The van der Waals surface area contributed by atoms with Crippen molar-refractivity contribution in [1.82, 2.24) is 0 Å². The van der Waals surface area contributed by atoms with Crippen LogP contribution >= 0.6 is 38.5 Å². The first-order valence-electron chi connectivity index (χ1n) is 3.90. The molecule has 1 aromatic carbocycles. The molecule has 0 aliphatic carbocycles. The van der Waals surface area contributed by atoms with Crippen LogP contribution in [0.3, 0.4) is 0 Å². The lowest BCUT2D eigenvalue weighted by molar-refractivity contribution is -0.134. The largest absolute Gasteiger partial charge is 0.424 e. The van der Waals surface area contributed by atoms with E-state index in [1.54, 1.807) is 0 Å². The van der Waals surface area contributed by atoms with Gasteiger partial charge in [-0.25, -0.2) is 0 Å². The van der Waals surface area contributed by atoms with Crippen LogP contribution in [0.25, 0.3) is 5.76 Å². The Morgan fingerprint density at radius 2 is 1.93 bits per heavy atom. The highest BCUT2D eigenvalue weighted by molar-refractivity contribution is 14.1. The number of ether oxygens (including phenoxy) is 1. The molecule has 0 fully saturated rings. The molecule has 0 amide bonds. The van der Waals surface area contributed by atoms with Crippen molar-refractivity contribution < 1.29 is 9.53 Å². The first-order valence-corrected chi connectivity index (χ1v) is 5.77. The van der Waals surface area contributed by atoms with Gasteiger partial charge in [0.15, 0.2) is 5.76 Å². The topological polar surface area (TPSA) is 26.3 Å². The third kappa shape index (κ3) is 3.42. The van der Waals surface area contributed by atoms with Crippen molar-refractivity contribution in [3.05, 3.63) is 38.4 Å². The molecule has 4 heteroatoms. The fourth-order valence-electron chi connectivity index (χ4n) is 0.940. The number of halogens is 2. The second-order valence-corrected chi connectivity index (χ2v) is 5.90. The molecular weight excluding hydrogens is 359 g/mol. The van der Waals surface area contributed by atoms with Crippen molar-refractivity contribution >= 4 is 50.2 Å². The number of esters is 1. The van der Waals surface area contributed by atoms with E-state index in [2.05, 4.69) is 38.5 Å². The molecule has 0 atom stereocenters. The quantitative estimate of drug-likeness (QED) is 0.453. The zero-order valence-corrected chi connectivity index (χ0v) is 11.2. The van der Waals surface area contributed by atoms with Crippen molar-refractivity contribution in [1.29, 1.82) is 0 Å². The molecule has 2 nitrogen and oxygen atoms in total. The third-order valence-electron chi connectivity index (χ3n) is 1.45. The van der Waals surface area contributed by atoms with Crippen LogP contribution in [0.15, 0.2) is 32.8 Å². The average molecular weight is 367 g/mol. The Morgan fingerprint density at radius 3 is 2.36 bits per heavy atom. The molecule has 0 radical (unpaired) electrons. The zero-order chi connectivity index (χ0) is 10.6. The summed E-state index contributed by atoms with van der Waals surface area (Å²) in [5, 5.41) is 0. The Kier molecular flexibility index (Phi) is 4.60. The van der Waals surface area contributed by atoms with Crippen LogP contribution in [-0.2, 0) is 9.53 Å². The molecule has 0 heterocycles. The standard InChI is InChI=1S/C10H8BrIO2/c1-7(13)14-9(10(11)12)8-5-3-2-4-6-8/h2-6H,1H3/b10-9+. The Hall–Kier alpha value is -0.360. The summed E-state index contributed by atoms with van der Waals surface area (Å²) in [7, 11) is 0. The predicted octanol–water partition coefficient (Wildman–Crippen LogP) is 3.71. The SMILES string of the molecule is CC(=O)O/C(=C(\Br)I)c1ccccc1. The summed E-state index contributed by atoms with van der Waals surface area (Å²) in [6.45, 7) is 1.38. The molecule has 0 saturated heterocycles. The number of hydrogen-bond acceptors (Lipinski definition) is 2. The summed E-state index contributed by atoms with van der Waals surface area (Å²) < 4.78 is 5.86. The summed E-state index contributed by atoms with van der Waals surface area (Å²) in [6, 6.07) is 9.48. The molecule has 0 saturated carbocycles. The van der Waals surface area contributed by atoms with Crippen LogP contribution in [0.1, 0.15) is 12.5 Å². The van der Waals surface area contributed by atoms with E-state index in [9.17, 15) is 4.79 Å². The predicted molar refractivity (Wildman–Crippen MR) is 68.1 cm³/mol. The van der Waals surface area contributed by atoms with Gasteiger partial charge >= 0.3 is 5.97 Å². The molecule has 74 valence electrons. The van der Waals surface area contributed by atoms with Crippen molar-refractivity contribution in [3.8, 4) is 0 Å². The van der Waals surface area contributed by atoms with Gasteiger partial charge in [0.25, 0.3) is 0 Å². The smallest absolute Gasteiger partial charge is 0.308 e. The minimum atomic E-state index is -0.322. The number of carbonyl (C=O) groups excluding carboxylic acids is 1. The first kappa shape index (κ1) is 11.7. The second-order valence-electron chi connectivity index (χ2n) is 2.55. The molecule has 0 aliphatic rings. The maximum absolute atomic E-state index is 10.9. The van der Waals surface area contributed by atoms with Gasteiger partial charge in [0.05, 0.1) is 2.49 Å². The van der Waals surface area contributed by atoms with Crippen LogP contribution in [0.5, 0.6) is 0 Å². The van der Waals surface area contributed by atoms with Gasteiger partial charge in [0.1, 0.15) is 0 Å². The van der Waals surface area contributed by atoms with Crippen LogP contribution in [0.4, 0.5) is 0 Å². The van der Waals surface area contributed by atoms with Gasteiger partial charge in [0, 0.05) is 12.5 Å². The van der Waals surface area contributed by atoms with Gasteiger partial charge in [0.2, 0.25) is 0 Å². The van der Waals surface area contributed by atoms with E-state index < -0.39 is 0 Å². The van der Waals surface area contributed by atoms with E-state index in [0.29, 0.717) is 5.76 Å². The summed E-state index contributed by atoms with van der Waals surface area (Å²) in [6.07, 6.45) is 0. The van der Waals surface area contributed by atoms with Gasteiger partial charge in [-0.3, -0.25) is 4.79 Å². The highest BCUT2D eigenvalue weighted by Crippen LogP contribution is 2.28. The number of rotatable bonds is 2. The van der Waals surface area contributed by atoms with Crippen molar-refractivity contribution in [3.63, 3.8) is 0 Å². The lowest BCUT2D eigenvalue weighted by Crippen LogP contribution is -1.98. The monoisotopic (exact) mass is 366 g/mol. The molecule has 0 aliphatic heterocycles. The van der Waals surface area contributed by atoms with Gasteiger partial charge in [-0.05, 0) is 38.5 Å². The summed E-state index contributed by atoms with van der Waals surface area (Å²) in [5.41, 5.74) is 0.879. The molecule has 0 aromatic heterocycles. The fourth-order valence-corrected chi connectivity index (χ4v) is 1.67. The normalized spacial score (nSPS) is 11.9. The molecule has 0 bridgehead atoms. The van der Waals surface area contributed by atoms with Crippen molar-refractivity contribution in [2.24, 2.45) is 0 Å². The number of hydrogen-bond donors (Lipinski definition) is 0. The van der Waals surface area contributed by atoms with Gasteiger partial charge in [-0.1, -0.05) is 30.3 Å². The van der Waals surface area contributed by atoms with E-state index in [1.807, 2.05) is 30.3 Å². The Balaban J connectivity index is 3.03. The summed E-state index contributed by atoms with van der Waals surface area (Å²) in [5.74, 6) is 0.233. The fraction of sp³-hybridized carbons (Fsp3) is 0.100. The number of benzene rings is 1. The van der Waals surface area contributed by atoms with Crippen molar-refractivity contribution in [2.45, 2.75) is 6.92 Å². The lowest BCUT2D eigenvalue weighted by atomic mass is 10.2. The van der Waals surface area contributed by atoms with Gasteiger partial charge < -0.3 is 4.74 Å². The minimum Gasteiger partial charge on any atom is -0.424 e. The lowest BCUT2D eigenvalue weighted by Gasteiger charge is -2.07. The highest BCUT2D eigenvalue weighted by atomic mass is 127. The molecule has 1 rings (SSSR count). The molecule has 14 heavy (non-hydrogen) atoms. The number of carbonyl (C=O) groups is 1. The third-order valence-corrected chi connectivity index (χ3v) is 2.30. The molecular formula is C10H8BrIO2. The maximum atomic E-state index is 10.9. The first-order chi connectivity index (χ1) is 6.61.